The number of hydrogen-bond acceptors (Lipinski definition) is 2. The molecular weight excluding hydrogens is 230 g/mol. The minimum absolute atomic E-state index is 0.321. The van der Waals surface area contributed by atoms with Crippen molar-refractivity contribution >= 4 is 28.8 Å². The van der Waals surface area contributed by atoms with E-state index in [9.17, 15) is 0 Å². The summed E-state index contributed by atoms with van der Waals surface area (Å²) in [6.07, 6.45) is 5.20. The van der Waals surface area contributed by atoms with Gasteiger partial charge in [0.2, 0.25) is 0 Å². The van der Waals surface area contributed by atoms with E-state index in [2.05, 4.69) is 4.98 Å². The van der Waals surface area contributed by atoms with Crippen molar-refractivity contribution in [3.63, 3.8) is 0 Å². The Labute approximate surface area is 97.5 Å². The maximum atomic E-state index is 5.88. The van der Waals surface area contributed by atoms with Crippen molar-refractivity contribution in [2.75, 3.05) is 0 Å². The van der Waals surface area contributed by atoms with Gasteiger partial charge in [-0.1, -0.05) is 23.8 Å². The lowest BCUT2D eigenvalue weighted by atomic mass is 10.2. The van der Waals surface area contributed by atoms with E-state index in [-0.39, 0.29) is 0 Å². The third kappa shape index (κ3) is 2.00. The van der Waals surface area contributed by atoms with Crippen LogP contribution in [0.2, 0.25) is 5.02 Å². The van der Waals surface area contributed by atoms with E-state index in [1.807, 2.05) is 16.8 Å². The normalized spacial score (nSPS) is 10.2. The highest BCUT2D eigenvalue weighted by atomic mass is 35.5. The maximum absolute atomic E-state index is 5.88. The first kappa shape index (κ1) is 10.1. The Balaban J connectivity index is 2.61. The van der Waals surface area contributed by atoms with Crippen LogP contribution < -0.4 is 5.73 Å². The number of benzene rings is 1. The van der Waals surface area contributed by atoms with Crippen molar-refractivity contribution in [1.29, 1.82) is 0 Å². The minimum atomic E-state index is 0.321. The van der Waals surface area contributed by atoms with E-state index in [1.165, 1.54) is 0 Å². The SMILES string of the molecule is NC(=S)c1cc(Cl)ccc1-n1ccnc1. The van der Waals surface area contributed by atoms with E-state index in [0.29, 0.717) is 10.0 Å². The Kier molecular flexibility index (Phi) is 2.70. The number of aromatic nitrogens is 2. The van der Waals surface area contributed by atoms with Crippen LogP contribution in [-0.2, 0) is 0 Å². The molecular formula is C10H8ClN3S. The molecule has 0 aliphatic rings. The van der Waals surface area contributed by atoms with E-state index < -0.39 is 0 Å². The zero-order chi connectivity index (χ0) is 10.8. The highest BCUT2D eigenvalue weighted by Crippen LogP contribution is 2.19. The second-order valence-electron chi connectivity index (χ2n) is 3.00. The summed E-state index contributed by atoms with van der Waals surface area (Å²) in [5, 5.41) is 0.613. The Morgan fingerprint density at radius 1 is 1.47 bits per heavy atom. The first-order chi connectivity index (χ1) is 7.18. The Bertz CT molecular complexity index is 493. The summed E-state index contributed by atoms with van der Waals surface area (Å²) in [7, 11) is 0. The molecule has 76 valence electrons. The molecule has 5 heteroatoms. The molecule has 15 heavy (non-hydrogen) atoms. The van der Waals surface area contributed by atoms with Gasteiger partial charge in [0.15, 0.2) is 0 Å². The fraction of sp³-hybridized carbons (Fsp3) is 0. The molecule has 0 unspecified atom stereocenters. The monoisotopic (exact) mass is 237 g/mol. The molecule has 0 amide bonds. The van der Waals surface area contributed by atoms with Gasteiger partial charge in [0.25, 0.3) is 0 Å². The van der Waals surface area contributed by atoms with Crippen LogP contribution in [0, 0.1) is 0 Å². The standard InChI is InChI=1S/C10H8ClN3S/c11-7-1-2-9(8(5-7)10(12)15)14-4-3-13-6-14/h1-6H,(H2,12,15). The van der Waals surface area contributed by atoms with Crippen LogP contribution in [0.4, 0.5) is 0 Å². The zero-order valence-electron chi connectivity index (χ0n) is 7.72. The summed E-state index contributed by atoms with van der Waals surface area (Å²) < 4.78 is 1.84. The molecule has 0 fully saturated rings. The molecule has 0 aliphatic carbocycles. The van der Waals surface area contributed by atoms with Crippen molar-refractivity contribution in [1.82, 2.24) is 9.55 Å². The highest BCUT2D eigenvalue weighted by Gasteiger charge is 2.07. The highest BCUT2D eigenvalue weighted by molar-refractivity contribution is 7.80. The third-order valence-corrected chi connectivity index (χ3v) is 2.46. The molecule has 1 heterocycles. The quantitative estimate of drug-likeness (QED) is 0.815. The Morgan fingerprint density at radius 3 is 2.87 bits per heavy atom. The number of nitrogens with zero attached hydrogens (tertiary/aromatic N) is 2. The van der Waals surface area contributed by atoms with Crippen molar-refractivity contribution in [3.8, 4) is 5.69 Å². The average Bonchev–Trinajstić information content (AvgIpc) is 2.70. The Morgan fingerprint density at radius 2 is 2.27 bits per heavy atom. The van der Waals surface area contributed by atoms with E-state index in [1.54, 1.807) is 24.7 Å². The van der Waals surface area contributed by atoms with Gasteiger partial charge in [-0.05, 0) is 18.2 Å². The predicted octanol–water partition coefficient (Wildman–Crippen LogP) is 2.16. The second-order valence-corrected chi connectivity index (χ2v) is 3.87. The van der Waals surface area contributed by atoms with Crippen LogP contribution in [0.25, 0.3) is 5.69 Å². The molecule has 0 aliphatic heterocycles. The molecule has 2 rings (SSSR count). The van der Waals surface area contributed by atoms with Crippen LogP contribution in [0.15, 0.2) is 36.9 Å². The average molecular weight is 238 g/mol. The number of nitrogens with two attached hydrogens (primary N) is 1. The van der Waals surface area contributed by atoms with Crippen molar-refractivity contribution < 1.29 is 0 Å². The van der Waals surface area contributed by atoms with Gasteiger partial charge in [0.05, 0.1) is 12.0 Å². The molecule has 0 atom stereocenters. The van der Waals surface area contributed by atoms with Gasteiger partial charge in [-0.2, -0.15) is 0 Å². The van der Waals surface area contributed by atoms with Crippen molar-refractivity contribution in [2.24, 2.45) is 5.73 Å². The molecule has 0 bridgehead atoms. The first-order valence-electron chi connectivity index (χ1n) is 4.26. The molecule has 0 saturated carbocycles. The van der Waals surface area contributed by atoms with E-state index in [0.717, 1.165) is 11.3 Å². The maximum Gasteiger partial charge on any atom is 0.106 e. The van der Waals surface area contributed by atoms with Crippen molar-refractivity contribution in [2.45, 2.75) is 0 Å². The lowest BCUT2D eigenvalue weighted by molar-refractivity contribution is 1.05. The van der Waals surface area contributed by atoms with Crippen LogP contribution in [0.5, 0.6) is 0 Å². The fourth-order valence-electron chi connectivity index (χ4n) is 1.33. The predicted molar refractivity (Wildman–Crippen MR) is 64.5 cm³/mol. The van der Waals surface area contributed by atoms with E-state index >= 15 is 0 Å². The largest absolute Gasteiger partial charge is 0.389 e. The summed E-state index contributed by atoms with van der Waals surface area (Å²) in [6.45, 7) is 0. The molecule has 0 radical (unpaired) electrons. The number of thiocarbonyl (C=S) groups is 1. The molecule has 2 aromatic rings. The summed E-state index contributed by atoms with van der Waals surface area (Å²) in [5.74, 6) is 0. The molecule has 1 aromatic carbocycles. The fourth-order valence-corrected chi connectivity index (χ4v) is 1.67. The van der Waals surface area contributed by atoms with Crippen LogP contribution in [0.1, 0.15) is 5.56 Å². The van der Waals surface area contributed by atoms with Gasteiger partial charge >= 0.3 is 0 Å². The topological polar surface area (TPSA) is 43.8 Å². The van der Waals surface area contributed by atoms with Gasteiger partial charge < -0.3 is 10.3 Å². The van der Waals surface area contributed by atoms with Gasteiger partial charge in [-0.25, -0.2) is 4.98 Å². The summed E-state index contributed by atoms with van der Waals surface area (Å²) >= 11 is 10.9. The smallest absolute Gasteiger partial charge is 0.106 e. The van der Waals surface area contributed by atoms with Gasteiger partial charge in [-0.3, -0.25) is 0 Å². The number of halogens is 1. The Hall–Kier alpha value is -1.39. The molecule has 3 nitrogen and oxygen atoms in total. The van der Waals surface area contributed by atoms with Crippen LogP contribution in [-0.4, -0.2) is 14.5 Å². The van der Waals surface area contributed by atoms with Crippen LogP contribution >= 0.6 is 23.8 Å². The molecule has 1 aromatic heterocycles. The summed E-state index contributed by atoms with van der Waals surface area (Å²) in [6, 6.07) is 5.40. The lowest BCUT2D eigenvalue weighted by Crippen LogP contribution is -2.12. The van der Waals surface area contributed by atoms with Crippen LogP contribution in [0.3, 0.4) is 0 Å². The molecule has 0 saturated heterocycles. The van der Waals surface area contributed by atoms with E-state index in [4.69, 9.17) is 29.6 Å². The van der Waals surface area contributed by atoms with Gasteiger partial charge in [0.1, 0.15) is 4.99 Å². The third-order valence-electron chi connectivity index (χ3n) is 2.01. The number of imidazole rings is 1. The molecule has 0 spiro atoms. The lowest BCUT2D eigenvalue weighted by Gasteiger charge is -2.08. The van der Waals surface area contributed by atoms with Gasteiger partial charge in [-0.15, -0.1) is 0 Å². The van der Waals surface area contributed by atoms with Gasteiger partial charge in [0, 0.05) is 23.0 Å². The second kappa shape index (κ2) is 4.00. The molecule has 2 N–H and O–H groups in total. The zero-order valence-corrected chi connectivity index (χ0v) is 9.29. The minimum Gasteiger partial charge on any atom is -0.389 e. The summed E-state index contributed by atoms with van der Waals surface area (Å²) in [5.41, 5.74) is 7.25. The first-order valence-corrected chi connectivity index (χ1v) is 5.05. The van der Waals surface area contributed by atoms with Crippen molar-refractivity contribution in [3.05, 3.63) is 47.5 Å². The number of hydrogen-bond donors (Lipinski definition) is 1. The summed E-state index contributed by atoms with van der Waals surface area (Å²) in [4.78, 5) is 4.29. The number of rotatable bonds is 2.